The lowest BCUT2D eigenvalue weighted by atomic mass is 10.0. The number of alkyl carbamates (subject to hydrolysis) is 2. The molecular weight excluding hydrogens is 1900 g/mol. The standard InChI is InChI=1S/C38H49N7O5.C28H33N7O.C23H29ClN4O3.C15H21N3O2.4ClH/c1-37(2,3)49-35(47)43-29-16-21-44(22-17-29)25-26-11-13-27(14-12-26)34(46)42-31-15-19-39-32(24-31)41-30-10-7-9-28(23-30)33-40-18-8-20-45(33)36(48)50-38(4,5)6;29-23-10-15-35(16-11-23)19-20-5-7-21(8-6-20)28(36)34-25-9-14-30-26(18-25)33-24-4-1-3-22(17-24)27-31-12-2-13-32-27;1-23(2,3)31-22(30)27-18-9-12-28(13-10-18)15-16-4-6-17(7-5-16)21(29)26-19-8-11-25-20(24)14-19;1-15(2,3)20-14(19)18-9-5-8-17-13(18)11-6-4-7-12(16)10-11;;;;/h7,9-15,19,23-24,29H,8,16-18,20-22,25H2,1-6H3,(H,43,47)(H2,39,41,42,46);1,3-9,14,17-18,23H,2,10-13,15-16,19,29H2,(H,31,32)(H2,30,33,34,36);4-8,11,14,18H,9-10,12-13,15H2,1-3H3,(H,27,30)(H,25,26,29);4,6-7,10H,5,8-9,16H2,1-3H3;4*1H. The van der Waals surface area contributed by atoms with Crippen molar-refractivity contribution >= 4 is 167 Å². The molecule has 758 valence electrons. The zero-order valence-corrected chi connectivity index (χ0v) is 86.4. The number of pyridine rings is 3. The maximum atomic E-state index is 13.1. The number of piperidine rings is 3. The second kappa shape index (κ2) is 54.1. The maximum Gasteiger partial charge on any atom is 0.416 e. The lowest BCUT2D eigenvalue weighted by molar-refractivity contribution is 0.0352. The highest BCUT2D eigenvalue weighted by atomic mass is 35.5. The van der Waals surface area contributed by atoms with Gasteiger partial charge in [0, 0.05) is 201 Å². The molecule has 7 amide bonds. The Morgan fingerprint density at radius 3 is 1.13 bits per heavy atom. The third-order valence-electron chi connectivity index (χ3n) is 22.3. The lowest BCUT2D eigenvalue weighted by Crippen LogP contribution is -2.45. The fourth-order valence-corrected chi connectivity index (χ4v) is 15.9. The Kier molecular flexibility index (Phi) is 43.8. The average Bonchev–Trinajstić information content (AvgIpc) is 0.786. The van der Waals surface area contributed by atoms with Gasteiger partial charge in [-0.05, 0) is 268 Å². The Labute approximate surface area is 857 Å². The van der Waals surface area contributed by atoms with Crippen LogP contribution in [-0.2, 0) is 38.6 Å². The number of carbonyl (C=O) groups is 7. The zero-order chi connectivity index (χ0) is 97.8. The molecule has 6 aliphatic rings. The van der Waals surface area contributed by atoms with Gasteiger partial charge in [-0.2, -0.15) is 0 Å². The number of nitrogens with one attached hydrogen (secondary N) is 8. The van der Waals surface area contributed by atoms with Crippen molar-refractivity contribution in [3.63, 3.8) is 0 Å². The molecule has 9 heterocycles. The van der Waals surface area contributed by atoms with Crippen LogP contribution in [0.4, 0.5) is 64.9 Å². The summed E-state index contributed by atoms with van der Waals surface area (Å²) in [7, 11) is 0. The number of amides is 7. The van der Waals surface area contributed by atoms with Gasteiger partial charge in [-0.1, -0.05) is 84.4 Å². The summed E-state index contributed by atoms with van der Waals surface area (Å²) in [5, 5.41) is 25.0. The molecule has 3 aromatic heterocycles. The molecule has 0 saturated carbocycles. The molecule has 0 atom stereocenters. The number of carbonyl (C=O) groups excluding carboxylic acids is 7. The highest BCUT2D eigenvalue weighted by Crippen LogP contribution is 2.29. The predicted octanol–water partition coefficient (Wildman–Crippen LogP) is 19.5. The van der Waals surface area contributed by atoms with Crippen molar-refractivity contribution in [3.05, 3.63) is 256 Å². The number of nitrogens with zero attached hydrogens (tertiary/aromatic N) is 11. The van der Waals surface area contributed by atoms with Crippen molar-refractivity contribution in [2.45, 2.75) is 201 Å². The Balaban J connectivity index is 0.000000238. The molecule has 9 aromatic rings. The molecule has 32 nitrogen and oxygen atoms in total. The van der Waals surface area contributed by atoms with E-state index in [2.05, 4.69) is 87.2 Å². The fourth-order valence-electron chi connectivity index (χ4n) is 15.7. The average molecular weight is 2030 g/mol. The van der Waals surface area contributed by atoms with Crippen LogP contribution in [0.2, 0.25) is 5.15 Å². The number of benzene rings is 6. The van der Waals surface area contributed by atoms with Gasteiger partial charge in [-0.25, -0.2) is 34.1 Å². The molecule has 6 aliphatic heterocycles. The van der Waals surface area contributed by atoms with Crippen LogP contribution in [-0.4, -0.2) is 218 Å². The van der Waals surface area contributed by atoms with E-state index in [1.807, 2.05) is 235 Å². The summed E-state index contributed by atoms with van der Waals surface area (Å²) < 4.78 is 21.8. The minimum Gasteiger partial charge on any atom is -0.444 e. The highest BCUT2D eigenvalue weighted by molar-refractivity contribution is 6.29. The van der Waals surface area contributed by atoms with E-state index in [1.165, 1.54) is 5.56 Å². The molecule has 12 N–H and O–H groups in total. The Morgan fingerprint density at radius 1 is 0.397 bits per heavy atom. The molecule has 37 heteroatoms. The largest absolute Gasteiger partial charge is 0.444 e. The van der Waals surface area contributed by atoms with Gasteiger partial charge in [0.25, 0.3) is 17.7 Å². The Hall–Kier alpha value is -12.2. The maximum absolute atomic E-state index is 13.1. The molecule has 0 aliphatic carbocycles. The molecule has 6 aromatic carbocycles. The summed E-state index contributed by atoms with van der Waals surface area (Å²) in [5.41, 5.74) is 21.8. The van der Waals surface area contributed by atoms with Gasteiger partial charge < -0.3 is 72.9 Å². The number of aliphatic imine (C=N–C) groups is 3. The molecule has 3 saturated heterocycles. The van der Waals surface area contributed by atoms with Gasteiger partial charge in [0.05, 0.1) is 0 Å². The normalized spacial score (nSPS) is 15.5. The highest BCUT2D eigenvalue weighted by Gasteiger charge is 2.33. The van der Waals surface area contributed by atoms with E-state index >= 15 is 0 Å². The summed E-state index contributed by atoms with van der Waals surface area (Å²) >= 11 is 5.85. The molecule has 0 spiro atoms. The van der Waals surface area contributed by atoms with E-state index in [-0.39, 0.29) is 97.7 Å². The number of hydrogen-bond donors (Lipinski definition) is 10. The molecule has 3 fully saturated rings. The van der Waals surface area contributed by atoms with Gasteiger partial charge in [-0.15, -0.1) is 49.6 Å². The van der Waals surface area contributed by atoms with E-state index in [4.69, 9.17) is 42.0 Å². The van der Waals surface area contributed by atoms with Gasteiger partial charge in [-0.3, -0.25) is 53.9 Å². The quantitative estimate of drug-likeness (QED) is 0.0181. The number of hydrogen-bond acceptors (Lipinski definition) is 25. The zero-order valence-electron chi connectivity index (χ0n) is 82.3. The number of aromatic nitrogens is 3. The molecule has 141 heavy (non-hydrogen) atoms. The summed E-state index contributed by atoms with van der Waals surface area (Å²) in [5.74, 6) is 2.78. The van der Waals surface area contributed by atoms with Crippen molar-refractivity contribution in [1.29, 1.82) is 0 Å². The van der Waals surface area contributed by atoms with E-state index in [0.717, 1.165) is 175 Å². The summed E-state index contributed by atoms with van der Waals surface area (Å²) in [4.78, 5) is 124. The number of amidine groups is 3. The number of nitrogens with two attached hydrogens (primary N) is 2. The summed E-state index contributed by atoms with van der Waals surface area (Å²) in [6.07, 6.45) is 11.6. The first-order valence-corrected chi connectivity index (χ1v) is 47.4. The van der Waals surface area contributed by atoms with Crippen LogP contribution in [0.15, 0.2) is 216 Å². The van der Waals surface area contributed by atoms with E-state index < -0.39 is 28.5 Å². The first-order chi connectivity index (χ1) is 65.4. The molecule has 0 unspecified atom stereocenters. The topological polar surface area (TPSA) is 397 Å². The second-order valence-corrected chi connectivity index (χ2v) is 39.0. The number of rotatable bonds is 21. The van der Waals surface area contributed by atoms with Gasteiger partial charge in [0.1, 0.15) is 56.7 Å². The third kappa shape index (κ3) is 38.3. The first-order valence-electron chi connectivity index (χ1n) is 47.0. The van der Waals surface area contributed by atoms with E-state index in [9.17, 15) is 33.6 Å². The van der Waals surface area contributed by atoms with Crippen molar-refractivity contribution in [3.8, 4) is 0 Å². The van der Waals surface area contributed by atoms with Gasteiger partial charge in [0.15, 0.2) is 0 Å². The fraction of sp³-hybridized carbons (Fsp3) is 0.413. The van der Waals surface area contributed by atoms with Crippen LogP contribution in [0, 0.1) is 0 Å². The van der Waals surface area contributed by atoms with Crippen molar-refractivity contribution in [1.82, 2.24) is 55.4 Å². The summed E-state index contributed by atoms with van der Waals surface area (Å²) in [6.45, 7) is 34.6. The van der Waals surface area contributed by atoms with Crippen LogP contribution < -0.4 is 54.0 Å². The minimum absolute atomic E-state index is 0. The van der Waals surface area contributed by atoms with Crippen LogP contribution in [0.25, 0.3) is 0 Å². The minimum atomic E-state index is -0.609. The molecule has 0 bridgehead atoms. The van der Waals surface area contributed by atoms with E-state index in [0.29, 0.717) is 100 Å². The molecule has 15 rings (SSSR count). The van der Waals surface area contributed by atoms with Crippen LogP contribution >= 0.6 is 61.2 Å². The monoisotopic (exact) mass is 2030 g/mol. The van der Waals surface area contributed by atoms with Gasteiger partial charge in [0.2, 0.25) is 0 Å². The second-order valence-electron chi connectivity index (χ2n) is 38.6. The van der Waals surface area contributed by atoms with Crippen LogP contribution in [0.5, 0.6) is 0 Å². The first kappa shape index (κ1) is 114. The molecular formula is C104H136Cl5N21O11. The summed E-state index contributed by atoms with van der Waals surface area (Å²) in [6, 6.07) is 57.1. The number of halogens is 5. The van der Waals surface area contributed by atoms with Crippen LogP contribution in [0.3, 0.4) is 0 Å². The number of anilines is 8. The Morgan fingerprint density at radius 2 is 0.752 bits per heavy atom. The molecule has 0 radical (unpaired) electrons. The number of likely N-dealkylation sites (tertiary alicyclic amines) is 3. The van der Waals surface area contributed by atoms with Crippen molar-refractivity contribution in [2.24, 2.45) is 20.7 Å². The Bertz CT molecular complexity index is 5690. The van der Waals surface area contributed by atoms with Crippen LogP contribution in [0.1, 0.15) is 205 Å². The SMILES string of the molecule is CC(C)(C)OC(=O)N1CCCN=C1c1cccc(N)c1.CC(C)(C)OC(=O)NC1CCN(Cc2ccc(C(=O)Nc3ccnc(Cl)c3)cc2)CC1.CC(C)(C)OC(=O)NC1CCN(Cc2ccc(C(=O)Nc3ccnc(Nc4cccc(C5=NCCCN5C(=O)OC(C)(C)C)c4)c3)cc2)CC1.Cl.Cl.Cl.Cl.NC1CCN(Cc2ccc(C(=O)Nc3ccnc(Nc4cccc(C5=NCCCN5)c4)c3)cc2)CC1. The van der Waals surface area contributed by atoms with Gasteiger partial charge >= 0.3 is 24.4 Å². The smallest absolute Gasteiger partial charge is 0.416 e. The third-order valence-corrected chi connectivity index (χ3v) is 22.5. The number of nitrogen functional groups attached to an aromatic ring is 1. The van der Waals surface area contributed by atoms with Crippen molar-refractivity contribution < 1.29 is 52.5 Å². The lowest BCUT2D eigenvalue weighted by Gasteiger charge is -2.32. The van der Waals surface area contributed by atoms with Crippen molar-refractivity contribution in [2.75, 3.05) is 111 Å². The number of ether oxygens (including phenoxy) is 4. The van der Waals surface area contributed by atoms with E-state index in [1.54, 1.807) is 58.7 Å². The predicted molar refractivity (Wildman–Crippen MR) is 570 cm³/mol.